The van der Waals surface area contributed by atoms with Crippen LogP contribution in [0.2, 0.25) is 0 Å². The monoisotopic (exact) mass is 294 g/mol. The summed E-state index contributed by atoms with van der Waals surface area (Å²) in [5.41, 5.74) is -0.386. The minimum atomic E-state index is -0.386. The molecule has 0 saturated heterocycles. The standard InChI is InChI=1S/C11H16BrClO2/c1-4-5-15-10(14)11(3)7(2)8(11)6-9(12)13/h6-8H,4-5H2,1-3H3/b9-6+. The van der Waals surface area contributed by atoms with E-state index in [1.807, 2.05) is 26.8 Å². The number of carbonyl (C=O) groups excluding carboxylic acids is 1. The first kappa shape index (κ1) is 13.0. The molecule has 1 aliphatic rings. The summed E-state index contributed by atoms with van der Waals surface area (Å²) in [5, 5.41) is 0. The smallest absolute Gasteiger partial charge is 0.312 e. The van der Waals surface area contributed by atoms with Crippen molar-refractivity contribution in [1.29, 1.82) is 0 Å². The Morgan fingerprint density at radius 1 is 1.67 bits per heavy atom. The van der Waals surface area contributed by atoms with Crippen LogP contribution in [0.25, 0.3) is 0 Å². The topological polar surface area (TPSA) is 26.3 Å². The van der Waals surface area contributed by atoms with Crippen molar-refractivity contribution in [3.05, 3.63) is 10.0 Å². The molecule has 0 amide bonds. The van der Waals surface area contributed by atoms with Crippen molar-refractivity contribution < 1.29 is 9.53 Å². The van der Waals surface area contributed by atoms with Crippen LogP contribution in [0.15, 0.2) is 10.0 Å². The summed E-state index contributed by atoms with van der Waals surface area (Å²) < 4.78 is 5.74. The lowest BCUT2D eigenvalue weighted by Crippen LogP contribution is -2.19. The van der Waals surface area contributed by atoms with Crippen LogP contribution in [0.3, 0.4) is 0 Å². The summed E-state index contributed by atoms with van der Waals surface area (Å²) in [4.78, 5) is 11.8. The molecule has 1 aliphatic carbocycles. The molecule has 86 valence electrons. The summed E-state index contributed by atoms with van der Waals surface area (Å²) in [5.74, 6) is 0.380. The normalized spacial score (nSPS) is 35.1. The summed E-state index contributed by atoms with van der Waals surface area (Å²) in [6, 6.07) is 0. The van der Waals surface area contributed by atoms with Crippen molar-refractivity contribution >= 4 is 33.5 Å². The Morgan fingerprint density at radius 2 is 2.27 bits per heavy atom. The number of carbonyl (C=O) groups is 1. The highest BCUT2D eigenvalue weighted by Crippen LogP contribution is 2.60. The number of ether oxygens (including phenoxy) is 1. The molecule has 0 radical (unpaired) electrons. The maximum atomic E-state index is 11.8. The molecule has 0 aliphatic heterocycles. The highest BCUT2D eigenvalue weighted by atomic mass is 79.9. The molecule has 0 aromatic carbocycles. The number of rotatable bonds is 4. The summed E-state index contributed by atoms with van der Waals surface area (Å²) >= 11 is 8.91. The minimum Gasteiger partial charge on any atom is -0.465 e. The van der Waals surface area contributed by atoms with Gasteiger partial charge in [0.1, 0.15) is 0 Å². The molecule has 0 spiro atoms. The van der Waals surface area contributed by atoms with Crippen LogP contribution < -0.4 is 0 Å². The van der Waals surface area contributed by atoms with Gasteiger partial charge in [-0.2, -0.15) is 0 Å². The molecule has 1 saturated carbocycles. The van der Waals surface area contributed by atoms with Crippen LogP contribution in [0.5, 0.6) is 0 Å². The predicted octanol–water partition coefficient (Wildman–Crippen LogP) is 3.69. The Balaban J connectivity index is 2.62. The second kappa shape index (κ2) is 4.88. The van der Waals surface area contributed by atoms with Crippen LogP contribution in [0.4, 0.5) is 0 Å². The second-order valence-electron chi connectivity index (χ2n) is 4.19. The van der Waals surface area contributed by atoms with Crippen molar-refractivity contribution in [3.63, 3.8) is 0 Å². The average Bonchev–Trinajstić information content (AvgIpc) is 2.68. The number of esters is 1. The zero-order valence-corrected chi connectivity index (χ0v) is 11.6. The molecule has 2 nitrogen and oxygen atoms in total. The lowest BCUT2D eigenvalue weighted by molar-refractivity contribution is -0.150. The minimum absolute atomic E-state index is 0.108. The zero-order chi connectivity index (χ0) is 11.6. The fourth-order valence-electron chi connectivity index (χ4n) is 1.89. The van der Waals surface area contributed by atoms with E-state index in [4.69, 9.17) is 16.3 Å². The Bertz CT molecular complexity index is 286. The van der Waals surface area contributed by atoms with Crippen molar-refractivity contribution in [3.8, 4) is 0 Å². The van der Waals surface area contributed by atoms with Crippen LogP contribution in [-0.4, -0.2) is 12.6 Å². The first-order valence-corrected chi connectivity index (χ1v) is 6.31. The van der Waals surface area contributed by atoms with Gasteiger partial charge in [0.2, 0.25) is 0 Å². The first-order valence-electron chi connectivity index (χ1n) is 5.14. The first-order chi connectivity index (χ1) is 6.94. The van der Waals surface area contributed by atoms with E-state index in [1.54, 1.807) is 0 Å². The van der Waals surface area contributed by atoms with E-state index in [-0.39, 0.29) is 17.3 Å². The number of halogens is 2. The SMILES string of the molecule is CCCOC(=O)C1(C)C(C)C1/C=C(/Cl)Br. The third kappa shape index (κ3) is 2.56. The molecule has 0 aromatic heterocycles. The molecule has 4 heteroatoms. The zero-order valence-electron chi connectivity index (χ0n) is 9.22. The van der Waals surface area contributed by atoms with E-state index < -0.39 is 0 Å². The molecule has 1 fully saturated rings. The molecule has 1 rings (SSSR count). The molecular weight excluding hydrogens is 279 g/mol. The highest BCUT2D eigenvalue weighted by Gasteiger charge is 2.63. The van der Waals surface area contributed by atoms with Gasteiger partial charge in [0, 0.05) is 0 Å². The van der Waals surface area contributed by atoms with Gasteiger partial charge in [0.25, 0.3) is 0 Å². The molecule has 0 N–H and O–H groups in total. The number of hydrogen-bond donors (Lipinski definition) is 0. The highest BCUT2D eigenvalue weighted by molar-refractivity contribution is 9.12. The van der Waals surface area contributed by atoms with Gasteiger partial charge in [-0.25, -0.2) is 0 Å². The van der Waals surface area contributed by atoms with Gasteiger partial charge >= 0.3 is 5.97 Å². The van der Waals surface area contributed by atoms with Crippen molar-refractivity contribution in [2.24, 2.45) is 17.3 Å². The quantitative estimate of drug-likeness (QED) is 0.740. The third-order valence-electron chi connectivity index (χ3n) is 3.25. The maximum Gasteiger partial charge on any atom is 0.312 e. The Hall–Kier alpha value is -0.0200. The molecule has 0 bridgehead atoms. The molecule has 15 heavy (non-hydrogen) atoms. The van der Waals surface area contributed by atoms with E-state index in [0.717, 1.165) is 6.42 Å². The molecule has 3 atom stereocenters. The lowest BCUT2D eigenvalue weighted by Gasteiger charge is -2.09. The average molecular weight is 296 g/mol. The summed E-state index contributed by atoms with van der Waals surface area (Å²) in [6.07, 6.45) is 2.73. The summed E-state index contributed by atoms with van der Waals surface area (Å²) in [6.45, 7) is 6.46. The number of allylic oxidation sites excluding steroid dienone is 1. The number of hydrogen-bond acceptors (Lipinski definition) is 2. The van der Waals surface area contributed by atoms with E-state index in [2.05, 4.69) is 15.9 Å². The Labute approximate surface area is 104 Å². The summed E-state index contributed by atoms with van der Waals surface area (Å²) in [7, 11) is 0. The van der Waals surface area contributed by atoms with Crippen LogP contribution in [0, 0.1) is 17.3 Å². The fraction of sp³-hybridized carbons (Fsp3) is 0.727. The van der Waals surface area contributed by atoms with Gasteiger partial charge < -0.3 is 4.74 Å². The second-order valence-corrected chi connectivity index (χ2v) is 5.91. The van der Waals surface area contributed by atoms with Gasteiger partial charge in [-0.1, -0.05) is 31.5 Å². The lowest BCUT2D eigenvalue weighted by atomic mass is 10.1. The van der Waals surface area contributed by atoms with E-state index in [1.165, 1.54) is 0 Å². The maximum absolute atomic E-state index is 11.8. The fourth-order valence-corrected chi connectivity index (χ4v) is 2.31. The Morgan fingerprint density at radius 3 is 2.73 bits per heavy atom. The largest absolute Gasteiger partial charge is 0.465 e. The van der Waals surface area contributed by atoms with E-state index in [9.17, 15) is 4.79 Å². The van der Waals surface area contributed by atoms with Crippen molar-refractivity contribution in [2.45, 2.75) is 27.2 Å². The van der Waals surface area contributed by atoms with Crippen molar-refractivity contribution in [2.75, 3.05) is 6.61 Å². The van der Waals surface area contributed by atoms with Crippen LogP contribution in [-0.2, 0) is 9.53 Å². The van der Waals surface area contributed by atoms with Gasteiger partial charge in [-0.3, -0.25) is 4.79 Å². The van der Waals surface area contributed by atoms with Gasteiger partial charge in [0.05, 0.1) is 16.0 Å². The molecule has 0 heterocycles. The van der Waals surface area contributed by atoms with Gasteiger partial charge in [-0.05, 0) is 41.1 Å². The van der Waals surface area contributed by atoms with Gasteiger partial charge in [-0.15, -0.1) is 0 Å². The van der Waals surface area contributed by atoms with E-state index in [0.29, 0.717) is 16.5 Å². The van der Waals surface area contributed by atoms with E-state index >= 15 is 0 Å². The van der Waals surface area contributed by atoms with Crippen LogP contribution in [0.1, 0.15) is 27.2 Å². The van der Waals surface area contributed by atoms with Crippen LogP contribution >= 0.6 is 27.5 Å². The third-order valence-corrected chi connectivity index (χ3v) is 3.64. The molecule has 3 unspecified atom stereocenters. The Kier molecular flexibility index (Phi) is 4.24. The molecule has 0 aromatic rings. The van der Waals surface area contributed by atoms with Gasteiger partial charge in [0.15, 0.2) is 0 Å². The molecular formula is C11H16BrClO2. The van der Waals surface area contributed by atoms with Crippen molar-refractivity contribution in [1.82, 2.24) is 0 Å². The predicted molar refractivity (Wildman–Crippen MR) is 64.9 cm³/mol.